The number of aliphatic hydroxyl groups is 2. The van der Waals surface area contributed by atoms with Gasteiger partial charge in [0, 0.05) is 6.61 Å². The van der Waals surface area contributed by atoms with Gasteiger partial charge in [0.05, 0.1) is 6.10 Å². The average Bonchev–Trinajstić information content (AvgIpc) is 1.64. The fraction of sp³-hybridized carbons (Fsp3) is 1.00. The maximum atomic E-state index is 9.23. The summed E-state index contributed by atoms with van der Waals surface area (Å²) in [7, 11) is 0. The molecule has 0 aliphatic carbocycles. The van der Waals surface area contributed by atoms with Crippen molar-refractivity contribution in [2.24, 2.45) is 5.41 Å². The van der Waals surface area contributed by atoms with E-state index in [0.717, 1.165) is 0 Å². The predicted molar refractivity (Wildman–Crippen MR) is 37.2 cm³/mol. The van der Waals surface area contributed by atoms with Crippen molar-refractivity contribution < 1.29 is 10.2 Å². The van der Waals surface area contributed by atoms with Gasteiger partial charge < -0.3 is 10.2 Å². The topological polar surface area (TPSA) is 40.5 Å². The zero-order valence-electron chi connectivity index (χ0n) is 6.39. The molecule has 0 bridgehead atoms. The molecule has 0 aromatic rings. The number of hydrogen-bond donors (Lipinski definition) is 2. The molecule has 2 nitrogen and oxygen atoms in total. The molecule has 0 radical (unpaired) electrons. The fourth-order valence-electron chi connectivity index (χ4n) is 0.555. The molecule has 0 aromatic heterocycles. The normalized spacial score (nSPS) is 15.7. The Morgan fingerprint density at radius 3 is 1.89 bits per heavy atom. The molecule has 9 heavy (non-hydrogen) atoms. The van der Waals surface area contributed by atoms with Crippen LogP contribution < -0.4 is 0 Å². The molecular weight excluding hydrogens is 116 g/mol. The van der Waals surface area contributed by atoms with Crippen LogP contribution in [-0.2, 0) is 0 Å². The van der Waals surface area contributed by atoms with Crippen LogP contribution in [0, 0.1) is 5.41 Å². The molecule has 0 spiro atoms. The van der Waals surface area contributed by atoms with Crippen molar-refractivity contribution in [3.63, 3.8) is 0 Å². The van der Waals surface area contributed by atoms with Gasteiger partial charge in [-0.2, -0.15) is 0 Å². The quantitative estimate of drug-likeness (QED) is 0.582. The maximum Gasteiger partial charge on any atom is 0.0610 e. The molecule has 0 amide bonds. The molecule has 0 aromatic carbocycles. The molecule has 1 atom stereocenters. The minimum atomic E-state index is -0.387. The third-order valence-electron chi connectivity index (χ3n) is 1.40. The molecule has 0 saturated heterocycles. The molecule has 0 heterocycles. The Bertz CT molecular complexity index is 73.5. The van der Waals surface area contributed by atoms with Gasteiger partial charge in [-0.15, -0.1) is 0 Å². The van der Waals surface area contributed by atoms with E-state index in [1.165, 1.54) is 0 Å². The summed E-state index contributed by atoms with van der Waals surface area (Å²) in [5.41, 5.74) is -0.0945. The smallest absolute Gasteiger partial charge is 0.0610 e. The second-order valence-electron chi connectivity index (χ2n) is 3.39. The Balaban J connectivity index is 3.59. The summed E-state index contributed by atoms with van der Waals surface area (Å²) < 4.78 is 0. The second-order valence-corrected chi connectivity index (χ2v) is 3.39. The van der Waals surface area contributed by atoms with Gasteiger partial charge in [0.15, 0.2) is 0 Å². The van der Waals surface area contributed by atoms with Gasteiger partial charge in [0.2, 0.25) is 0 Å². The van der Waals surface area contributed by atoms with Crippen molar-refractivity contribution in [2.45, 2.75) is 33.3 Å². The van der Waals surface area contributed by atoms with E-state index in [9.17, 15) is 5.11 Å². The van der Waals surface area contributed by atoms with Crippen LogP contribution >= 0.6 is 0 Å². The van der Waals surface area contributed by atoms with E-state index in [-0.39, 0.29) is 18.1 Å². The van der Waals surface area contributed by atoms with Crippen LogP contribution in [0.1, 0.15) is 27.2 Å². The molecule has 0 fully saturated rings. The Morgan fingerprint density at radius 2 is 1.78 bits per heavy atom. The summed E-state index contributed by atoms with van der Waals surface area (Å²) in [6.45, 7) is 5.92. The fourth-order valence-corrected chi connectivity index (χ4v) is 0.555. The third-order valence-corrected chi connectivity index (χ3v) is 1.40. The van der Waals surface area contributed by atoms with E-state index in [2.05, 4.69) is 0 Å². The average molecular weight is 132 g/mol. The second kappa shape index (κ2) is 3.18. The first-order chi connectivity index (χ1) is 3.98. The summed E-state index contributed by atoms with van der Waals surface area (Å²) in [5, 5.41) is 17.7. The monoisotopic (exact) mass is 132 g/mol. The lowest BCUT2D eigenvalue weighted by atomic mass is 9.87. The Kier molecular flexibility index (Phi) is 3.15. The van der Waals surface area contributed by atoms with E-state index in [0.29, 0.717) is 6.42 Å². The zero-order chi connectivity index (χ0) is 7.49. The standard InChI is InChI=1S/C7H16O2/c1-7(2,3)6(9)4-5-8/h6,8-9H,4-5H2,1-3H3/t6-/m1/s1. The van der Waals surface area contributed by atoms with Crippen molar-refractivity contribution in [3.8, 4) is 0 Å². The van der Waals surface area contributed by atoms with Gasteiger partial charge in [-0.3, -0.25) is 0 Å². The van der Waals surface area contributed by atoms with Gasteiger partial charge >= 0.3 is 0 Å². The number of aliphatic hydroxyl groups excluding tert-OH is 2. The van der Waals surface area contributed by atoms with E-state index in [1.54, 1.807) is 0 Å². The first kappa shape index (κ1) is 8.92. The summed E-state index contributed by atoms with van der Waals surface area (Å²) >= 11 is 0. The van der Waals surface area contributed by atoms with Crippen molar-refractivity contribution >= 4 is 0 Å². The summed E-state index contributed by atoms with van der Waals surface area (Å²) in [5.74, 6) is 0. The Hall–Kier alpha value is -0.0800. The molecule has 2 N–H and O–H groups in total. The van der Waals surface area contributed by atoms with E-state index < -0.39 is 0 Å². The largest absolute Gasteiger partial charge is 0.396 e. The highest BCUT2D eigenvalue weighted by atomic mass is 16.3. The lowest BCUT2D eigenvalue weighted by Crippen LogP contribution is -2.26. The predicted octanol–water partition coefficient (Wildman–Crippen LogP) is 0.776. The third kappa shape index (κ3) is 3.49. The van der Waals surface area contributed by atoms with Crippen molar-refractivity contribution in [3.05, 3.63) is 0 Å². The minimum Gasteiger partial charge on any atom is -0.396 e. The minimum absolute atomic E-state index is 0.0679. The van der Waals surface area contributed by atoms with E-state index in [4.69, 9.17) is 5.11 Å². The lowest BCUT2D eigenvalue weighted by Gasteiger charge is -2.24. The molecule has 2 heteroatoms. The van der Waals surface area contributed by atoms with E-state index >= 15 is 0 Å². The van der Waals surface area contributed by atoms with Crippen LogP contribution in [0.4, 0.5) is 0 Å². The van der Waals surface area contributed by atoms with Gasteiger partial charge in [0.25, 0.3) is 0 Å². The van der Waals surface area contributed by atoms with Crippen LogP contribution in [-0.4, -0.2) is 22.9 Å². The first-order valence-corrected chi connectivity index (χ1v) is 3.27. The highest BCUT2D eigenvalue weighted by Crippen LogP contribution is 2.20. The zero-order valence-corrected chi connectivity index (χ0v) is 6.39. The van der Waals surface area contributed by atoms with Crippen molar-refractivity contribution in [1.82, 2.24) is 0 Å². The van der Waals surface area contributed by atoms with Gasteiger partial charge in [-0.25, -0.2) is 0 Å². The van der Waals surface area contributed by atoms with Gasteiger partial charge in [-0.1, -0.05) is 20.8 Å². The molecular formula is C7H16O2. The molecule has 0 aliphatic heterocycles. The summed E-state index contributed by atoms with van der Waals surface area (Å²) in [6.07, 6.45) is 0.0891. The van der Waals surface area contributed by atoms with Gasteiger partial charge in [-0.05, 0) is 11.8 Å². The highest BCUT2D eigenvalue weighted by Gasteiger charge is 2.20. The van der Waals surface area contributed by atoms with Crippen LogP contribution in [0.25, 0.3) is 0 Å². The van der Waals surface area contributed by atoms with Crippen LogP contribution in [0.5, 0.6) is 0 Å². The number of rotatable bonds is 2. The molecule has 0 rings (SSSR count). The molecule has 0 aliphatic rings. The van der Waals surface area contributed by atoms with Crippen molar-refractivity contribution in [2.75, 3.05) is 6.61 Å². The Labute approximate surface area is 56.5 Å². The molecule has 0 saturated carbocycles. The lowest BCUT2D eigenvalue weighted by molar-refractivity contribution is 0.0405. The Morgan fingerprint density at radius 1 is 1.33 bits per heavy atom. The number of hydrogen-bond acceptors (Lipinski definition) is 2. The van der Waals surface area contributed by atoms with Crippen molar-refractivity contribution in [1.29, 1.82) is 0 Å². The van der Waals surface area contributed by atoms with Gasteiger partial charge in [0.1, 0.15) is 0 Å². The SMILES string of the molecule is CC(C)(C)[C@H](O)CCO. The van der Waals surface area contributed by atoms with Crippen LogP contribution in [0.15, 0.2) is 0 Å². The summed E-state index contributed by atoms with van der Waals surface area (Å²) in [6, 6.07) is 0. The van der Waals surface area contributed by atoms with Crippen LogP contribution in [0.2, 0.25) is 0 Å². The van der Waals surface area contributed by atoms with Crippen LogP contribution in [0.3, 0.4) is 0 Å². The highest BCUT2D eigenvalue weighted by molar-refractivity contribution is 4.71. The first-order valence-electron chi connectivity index (χ1n) is 3.27. The molecule has 0 unspecified atom stereocenters. The molecule has 56 valence electrons. The maximum absolute atomic E-state index is 9.23. The van der Waals surface area contributed by atoms with E-state index in [1.807, 2.05) is 20.8 Å². The summed E-state index contributed by atoms with van der Waals surface area (Å²) in [4.78, 5) is 0.